The van der Waals surface area contributed by atoms with Crippen LogP contribution in [0, 0.1) is 0 Å². The Kier molecular flexibility index (Phi) is 4.14. The van der Waals surface area contributed by atoms with Crippen LogP contribution in [0.1, 0.15) is 11.1 Å². The molecular formula is C12H14ClF3N2. The molecule has 0 unspecified atom stereocenters. The van der Waals surface area contributed by atoms with Gasteiger partial charge >= 0.3 is 6.18 Å². The Morgan fingerprint density at radius 3 is 2.50 bits per heavy atom. The Morgan fingerprint density at radius 1 is 1.22 bits per heavy atom. The third kappa shape index (κ3) is 3.16. The SMILES string of the molecule is FC(F)(F)c1cccc(Cl)c1CN1CCNCC1. The van der Waals surface area contributed by atoms with Crippen molar-refractivity contribution in [2.75, 3.05) is 26.2 Å². The van der Waals surface area contributed by atoms with Crippen molar-refractivity contribution in [3.8, 4) is 0 Å². The number of hydrogen-bond donors (Lipinski definition) is 1. The standard InChI is InChI=1S/C12H14ClF3N2/c13-11-3-1-2-10(12(14,15)16)9(11)8-18-6-4-17-5-7-18/h1-3,17H,4-8H2. The van der Waals surface area contributed by atoms with Crippen molar-refractivity contribution >= 4 is 11.6 Å². The Labute approximate surface area is 109 Å². The molecule has 0 amide bonds. The summed E-state index contributed by atoms with van der Waals surface area (Å²) in [5.41, 5.74) is -0.456. The summed E-state index contributed by atoms with van der Waals surface area (Å²) in [5, 5.41) is 3.35. The molecule has 0 aromatic heterocycles. The van der Waals surface area contributed by atoms with Crippen molar-refractivity contribution in [2.45, 2.75) is 12.7 Å². The van der Waals surface area contributed by atoms with Crippen molar-refractivity contribution in [3.05, 3.63) is 34.3 Å². The Morgan fingerprint density at radius 2 is 1.89 bits per heavy atom. The van der Waals surface area contributed by atoms with Gasteiger partial charge in [-0.1, -0.05) is 17.7 Å². The minimum Gasteiger partial charge on any atom is -0.314 e. The lowest BCUT2D eigenvalue weighted by atomic mass is 10.1. The molecule has 1 aromatic rings. The first-order valence-electron chi connectivity index (χ1n) is 5.76. The van der Waals surface area contributed by atoms with Gasteiger partial charge in [0, 0.05) is 37.7 Å². The number of nitrogens with zero attached hydrogens (tertiary/aromatic N) is 1. The van der Waals surface area contributed by atoms with Gasteiger partial charge in [0.05, 0.1) is 5.56 Å². The quantitative estimate of drug-likeness (QED) is 0.895. The zero-order valence-corrected chi connectivity index (χ0v) is 10.5. The highest BCUT2D eigenvalue weighted by Crippen LogP contribution is 2.35. The molecular weight excluding hydrogens is 265 g/mol. The number of benzene rings is 1. The first-order valence-corrected chi connectivity index (χ1v) is 6.14. The van der Waals surface area contributed by atoms with Crippen LogP contribution in [0.2, 0.25) is 5.02 Å². The number of alkyl halides is 3. The van der Waals surface area contributed by atoms with E-state index in [0.29, 0.717) is 0 Å². The van der Waals surface area contributed by atoms with Crippen molar-refractivity contribution in [1.29, 1.82) is 0 Å². The maximum Gasteiger partial charge on any atom is 0.416 e. The highest BCUT2D eigenvalue weighted by Gasteiger charge is 2.34. The van der Waals surface area contributed by atoms with E-state index in [1.807, 2.05) is 4.90 Å². The fourth-order valence-electron chi connectivity index (χ4n) is 2.08. The Balaban J connectivity index is 2.25. The number of halogens is 4. The van der Waals surface area contributed by atoms with Gasteiger partial charge in [0.15, 0.2) is 0 Å². The zero-order chi connectivity index (χ0) is 13.2. The third-order valence-corrected chi connectivity index (χ3v) is 3.37. The summed E-state index contributed by atoms with van der Waals surface area (Å²) in [6.45, 7) is 3.32. The molecule has 2 nitrogen and oxygen atoms in total. The fourth-order valence-corrected chi connectivity index (χ4v) is 2.31. The van der Waals surface area contributed by atoms with E-state index in [4.69, 9.17) is 11.6 Å². The lowest BCUT2D eigenvalue weighted by Crippen LogP contribution is -2.43. The van der Waals surface area contributed by atoms with Gasteiger partial charge in [-0.05, 0) is 17.7 Å². The van der Waals surface area contributed by atoms with Crippen LogP contribution in [0.25, 0.3) is 0 Å². The third-order valence-electron chi connectivity index (χ3n) is 3.02. The zero-order valence-electron chi connectivity index (χ0n) is 9.73. The van der Waals surface area contributed by atoms with E-state index in [-0.39, 0.29) is 17.1 Å². The Hall–Kier alpha value is -0.780. The maximum absolute atomic E-state index is 12.9. The molecule has 1 heterocycles. The fraction of sp³-hybridized carbons (Fsp3) is 0.500. The highest BCUT2D eigenvalue weighted by molar-refractivity contribution is 6.31. The van der Waals surface area contributed by atoms with E-state index in [1.54, 1.807) is 0 Å². The summed E-state index contributed by atoms with van der Waals surface area (Å²) < 4.78 is 38.7. The Bertz CT molecular complexity index is 414. The van der Waals surface area contributed by atoms with Crippen molar-refractivity contribution < 1.29 is 13.2 Å². The summed E-state index contributed by atoms with van der Waals surface area (Å²) in [4.78, 5) is 1.98. The number of piperazine rings is 1. The largest absolute Gasteiger partial charge is 0.416 e. The van der Waals surface area contributed by atoms with Gasteiger partial charge < -0.3 is 5.32 Å². The minimum absolute atomic E-state index is 0.175. The monoisotopic (exact) mass is 278 g/mol. The molecule has 1 saturated heterocycles. The van der Waals surface area contributed by atoms with E-state index in [2.05, 4.69) is 5.32 Å². The second-order valence-electron chi connectivity index (χ2n) is 4.29. The van der Waals surface area contributed by atoms with Crippen LogP contribution in [0.15, 0.2) is 18.2 Å². The van der Waals surface area contributed by atoms with E-state index in [9.17, 15) is 13.2 Å². The first-order chi connectivity index (χ1) is 8.48. The van der Waals surface area contributed by atoms with Gasteiger partial charge in [-0.25, -0.2) is 0 Å². The predicted octanol–water partition coefficient (Wildman–Crippen LogP) is 2.76. The van der Waals surface area contributed by atoms with Gasteiger partial charge in [0.2, 0.25) is 0 Å². The number of hydrogen-bond acceptors (Lipinski definition) is 2. The molecule has 6 heteroatoms. The molecule has 0 bridgehead atoms. The van der Waals surface area contributed by atoms with E-state index >= 15 is 0 Å². The van der Waals surface area contributed by atoms with E-state index < -0.39 is 11.7 Å². The maximum atomic E-state index is 12.9. The number of rotatable bonds is 2. The van der Waals surface area contributed by atoms with Crippen molar-refractivity contribution in [1.82, 2.24) is 10.2 Å². The summed E-state index contributed by atoms with van der Waals surface area (Å²) in [7, 11) is 0. The molecule has 100 valence electrons. The smallest absolute Gasteiger partial charge is 0.314 e. The molecule has 0 aliphatic carbocycles. The van der Waals surface area contributed by atoms with E-state index in [0.717, 1.165) is 32.2 Å². The van der Waals surface area contributed by atoms with E-state index in [1.165, 1.54) is 12.1 Å². The minimum atomic E-state index is -4.35. The number of nitrogens with one attached hydrogen (secondary N) is 1. The summed E-state index contributed by atoms with van der Waals surface area (Å²) in [5.74, 6) is 0. The van der Waals surface area contributed by atoms with Crippen LogP contribution >= 0.6 is 11.6 Å². The van der Waals surface area contributed by atoms with Crippen molar-refractivity contribution in [3.63, 3.8) is 0 Å². The molecule has 1 fully saturated rings. The highest BCUT2D eigenvalue weighted by atomic mass is 35.5. The van der Waals surface area contributed by atoms with Crippen LogP contribution in [-0.4, -0.2) is 31.1 Å². The first kappa shape index (κ1) is 13.6. The van der Waals surface area contributed by atoms with Gasteiger partial charge in [-0.15, -0.1) is 0 Å². The lowest BCUT2D eigenvalue weighted by molar-refractivity contribution is -0.138. The summed E-state index contributed by atoms with van der Waals surface area (Å²) in [6.07, 6.45) is -4.35. The van der Waals surface area contributed by atoms with Gasteiger partial charge in [-0.3, -0.25) is 4.90 Å². The van der Waals surface area contributed by atoms with Gasteiger partial charge in [0.25, 0.3) is 0 Å². The summed E-state index contributed by atoms with van der Waals surface area (Å²) >= 11 is 5.91. The second-order valence-corrected chi connectivity index (χ2v) is 4.70. The molecule has 0 radical (unpaired) electrons. The average molecular weight is 279 g/mol. The predicted molar refractivity (Wildman–Crippen MR) is 64.6 cm³/mol. The molecule has 1 N–H and O–H groups in total. The molecule has 0 spiro atoms. The van der Waals surface area contributed by atoms with Crippen molar-refractivity contribution in [2.24, 2.45) is 0 Å². The second kappa shape index (κ2) is 5.47. The molecule has 2 rings (SSSR count). The molecule has 0 saturated carbocycles. The van der Waals surface area contributed by atoms with Crippen LogP contribution in [0.3, 0.4) is 0 Å². The van der Waals surface area contributed by atoms with Gasteiger partial charge in [-0.2, -0.15) is 13.2 Å². The van der Waals surface area contributed by atoms with Crippen LogP contribution < -0.4 is 5.32 Å². The van der Waals surface area contributed by atoms with Crippen LogP contribution in [0.5, 0.6) is 0 Å². The molecule has 18 heavy (non-hydrogen) atoms. The average Bonchev–Trinajstić information content (AvgIpc) is 2.32. The van der Waals surface area contributed by atoms with Gasteiger partial charge in [0.1, 0.15) is 0 Å². The molecule has 1 aliphatic heterocycles. The normalized spacial score (nSPS) is 18.0. The topological polar surface area (TPSA) is 15.3 Å². The lowest BCUT2D eigenvalue weighted by Gasteiger charge is -2.28. The molecule has 1 aliphatic rings. The summed E-state index contributed by atoms with van der Waals surface area (Å²) in [6, 6.07) is 3.93. The van der Waals surface area contributed by atoms with Crippen LogP contribution in [-0.2, 0) is 12.7 Å². The molecule has 0 atom stereocenters. The molecule has 1 aromatic carbocycles. The van der Waals surface area contributed by atoms with Crippen LogP contribution in [0.4, 0.5) is 13.2 Å².